The average Bonchev–Trinajstić information content (AvgIpc) is 3.17. The molecule has 5 N–H and O–H groups in total. The van der Waals surface area contributed by atoms with Crippen LogP contribution in [0.1, 0.15) is 94.4 Å². The van der Waals surface area contributed by atoms with Crippen LogP contribution in [-0.4, -0.2) is 153 Å². The van der Waals surface area contributed by atoms with Gasteiger partial charge in [-0.25, -0.2) is 0 Å². The molecule has 56 heavy (non-hydrogen) atoms. The van der Waals surface area contributed by atoms with Crippen LogP contribution in [0.5, 0.6) is 0 Å². The molecule has 0 aromatic carbocycles. The Morgan fingerprint density at radius 2 is 1.23 bits per heavy atom. The predicted octanol–water partition coefficient (Wildman–Crippen LogP) is 0.648. The molecule has 11 atom stereocenters. The molecule has 0 unspecified atom stereocenters. The lowest BCUT2D eigenvalue weighted by molar-refractivity contribution is -0.153. The molecule has 2 saturated heterocycles. The van der Waals surface area contributed by atoms with Gasteiger partial charge in [0.05, 0.1) is 12.2 Å². The third kappa shape index (κ3) is 11.3. The van der Waals surface area contributed by atoms with E-state index >= 15 is 0 Å². The second kappa shape index (κ2) is 20.9. The standard InChI is InChI=1S/C40H69N7O9/c1-14-23(7)20-27-39(55)44(11)26(10)38(54)47-19-17-16-18-28(47)34(50)43-30(32(48)21(3)4)35(51)42-29(24(8)15-2)40(56)45(12)25(9)37(53)46(13)31(36(52)41-27)33(49)22(5)6/h14,21-33,48-49H,1,15-20H2,2-13H3,(H,41,52)(H,42,51)(H,43,50)/t23-,24-,25-,26-,27-,28+,29+,30+,31-,32+,33-/m0/s1. The lowest BCUT2D eigenvalue weighted by Gasteiger charge is -2.39. The maximum atomic E-state index is 14.2. The van der Waals surface area contributed by atoms with E-state index in [1.165, 1.54) is 44.8 Å². The van der Waals surface area contributed by atoms with E-state index in [1.54, 1.807) is 47.6 Å². The number of hydrogen-bond acceptors (Lipinski definition) is 9. The fourth-order valence-electron chi connectivity index (χ4n) is 7.06. The van der Waals surface area contributed by atoms with Gasteiger partial charge in [-0.2, -0.15) is 0 Å². The van der Waals surface area contributed by atoms with Gasteiger partial charge in [-0.15, -0.1) is 6.58 Å². The van der Waals surface area contributed by atoms with Crippen molar-refractivity contribution in [2.24, 2.45) is 23.7 Å². The summed E-state index contributed by atoms with van der Waals surface area (Å²) in [6.07, 6.45) is 0.837. The number of nitrogens with one attached hydrogen (secondary N) is 3. The number of piperidine rings is 1. The van der Waals surface area contributed by atoms with Crippen LogP contribution in [0.25, 0.3) is 0 Å². The van der Waals surface area contributed by atoms with Gasteiger partial charge in [0.15, 0.2) is 0 Å². The number of amides is 7. The van der Waals surface area contributed by atoms with E-state index < -0.39 is 114 Å². The first-order valence-electron chi connectivity index (χ1n) is 20.0. The van der Waals surface area contributed by atoms with Gasteiger partial charge in [0.25, 0.3) is 0 Å². The zero-order valence-electron chi connectivity index (χ0n) is 35.6. The fraction of sp³-hybridized carbons (Fsp3) is 0.775. The monoisotopic (exact) mass is 792 g/mol. The van der Waals surface area contributed by atoms with Crippen molar-refractivity contribution in [2.75, 3.05) is 27.7 Å². The Kier molecular flexibility index (Phi) is 18.0. The summed E-state index contributed by atoms with van der Waals surface area (Å²) in [5.41, 5.74) is 0. The summed E-state index contributed by atoms with van der Waals surface area (Å²) in [7, 11) is 4.15. The number of aliphatic hydroxyl groups excluding tert-OH is 2. The number of aliphatic hydroxyl groups is 2. The maximum Gasteiger partial charge on any atom is 0.246 e. The minimum Gasteiger partial charge on any atom is -0.390 e. The molecule has 0 aromatic rings. The predicted molar refractivity (Wildman–Crippen MR) is 211 cm³/mol. The van der Waals surface area contributed by atoms with Gasteiger partial charge >= 0.3 is 0 Å². The smallest absolute Gasteiger partial charge is 0.246 e. The summed E-state index contributed by atoms with van der Waals surface area (Å²) in [5, 5.41) is 30.8. The molecule has 0 bridgehead atoms. The minimum absolute atomic E-state index is 0.0848. The zero-order chi connectivity index (χ0) is 42.9. The van der Waals surface area contributed by atoms with Crippen LogP contribution >= 0.6 is 0 Å². The molecular formula is C40H69N7O9. The summed E-state index contributed by atoms with van der Waals surface area (Å²) in [4.78, 5) is 104. The maximum absolute atomic E-state index is 14.2. The molecule has 16 nitrogen and oxygen atoms in total. The van der Waals surface area contributed by atoms with Gasteiger partial charge in [0.2, 0.25) is 41.4 Å². The van der Waals surface area contributed by atoms with Crippen molar-refractivity contribution in [3.05, 3.63) is 12.7 Å². The van der Waals surface area contributed by atoms with E-state index in [-0.39, 0.29) is 25.3 Å². The lowest BCUT2D eigenvalue weighted by atomic mass is 9.94. The number of likely N-dealkylation sites (N-methyl/N-ethyl adjacent to an activating group) is 3. The second-order valence-corrected chi connectivity index (χ2v) is 16.5. The van der Waals surface area contributed by atoms with Gasteiger partial charge in [0, 0.05) is 27.7 Å². The molecule has 0 saturated carbocycles. The van der Waals surface area contributed by atoms with Gasteiger partial charge in [-0.1, -0.05) is 61.0 Å². The number of carbonyl (C=O) groups excluding carboxylic acids is 7. The molecule has 0 aliphatic carbocycles. The molecule has 318 valence electrons. The summed E-state index contributed by atoms with van der Waals surface area (Å²) < 4.78 is 0. The number of carbonyl (C=O) groups is 7. The Balaban J connectivity index is 2.83. The van der Waals surface area contributed by atoms with Crippen molar-refractivity contribution in [1.29, 1.82) is 0 Å². The average molecular weight is 792 g/mol. The highest BCUT2D eigenvalue weighted by molar-refractivity contribution is 5.98. The van der Waals surface area contributed by atoms with Crippen LogP contribution in [-0.2, 0) is 33.6 Å². The highest BCUT2D eigenvalue weighted by Crippen LogP contribution is 2.23. The molecule has 16 heteroatoms. The number of allylic oxidation sites excluding steroid dienone is 1. The Hall–Kier alpha value is -4.05. The molecule has 0 aromatic heterocycles. The van der Waals surface area contributed by atoms with Gasteiger partial charge in [0.1, 0.15) is 42.3 Å². The molecule has 7 amide bonds. The van der Waals surface area contributed by atoms with Crippen LogP contribution in [0.4, 0.5) is 0 Å². The summed E-state index contributed by atoms with van der Waals surface area (Å²) >= 11 is 0. The second-order valence-electron chi connectivity index (χ2n) is 16.5. The molecule has 2 fully saturated rings. The Bertz CT molecular complexity index is 1440. The molecule has 2 heterocycles. The first-order valence-corrected chi connectivity index (χ1v) is 20.0. The van der Waals surface area contributed by atoms with Gasteiger partial charge < -0.3 is 45.8 Å². The highest BCUT2D eigenvalue weighted by atomic mass is 16.3. The van der Waals surface area contributed by atoms with Gasteiger partial charge in [-0.05, 0) is 63.2 Å². The third-order valence-corrected chi connectivity index (χ3v) is 11.7. The normalized spacial score (nSPS) is 29.6. The quantitative estimate of drug-likeness (QED) is 0.208. The Labute approximate surface area is 333 Å². The van der Waals surface area contributed by atoms with E-state index in [0.717, 1.165) is 9.80 Å². The van der Waals surface area contributed by atoms with Crippen LogP contribution in [0, 0.1) is 23.7 Å². The summed E-state index contributed by atoms with van der Waals surface area (Å²) in [6.45, 7) is 19.1. The fourth-order valence-corrected chi connectivity index (χ4v) is 7.06. The van der Waals surface area contributed by atoms with Crippen LogP contribution < -0.4 is 16.0 Å². The van der Waals surface area contributed by atoms with E-state index in [9.17, 15) is 43.8 Å². The molecular weight excluding hydrogens is 722 g/mol. The highest BCUT2D eigenvalue weighted by Gasteiger charge is 2.44. The van der Waals surface area contributed by atoms with Crippen molar-refractivity contribution in [3.8, 4) is 0 Å². The summed E-state index contributed by atoms with van der Waals surface area (Å²) in [5.74, 6) is -6.53. The Morgan fingerprint density at radius 1 is 0.696 bits per heavy atom. The van der Waals surface area contributed by atoms with Crippen LogP contribution in [0.3, 0.4) is 0 Å². The topological polar surface area (TPSA) is 209 Å². The number of nitrogens with zero attached hydrogens (tertiary/aromatic N) is 4. The van der Waals surface area contributed by atoms with Crippen molar-refractivity contribution in [3.63, 3.8) is 0 Å². The van der Waals surface area contributed by atoms with E-state index in [2.05, 4.69) is 22.5 Å². The summed E-state index contributed by atoms with van der Waals surface area (Å²) in [6, 6.07) is -8.70. The largest absolute Gasteiger partial charge is 0.390 e. The lowest BCUT2D eigenvalue weighted by Crippen LogP contribution is -2.64. The number of rotatable bonds is 9. The molecule has 0 radical (unpaired) electrons. The van der Waals surface area contributed by atoms with Gasteiger partial charge in [-0.3, -0.25) is 33.6 Å². The van der Waals surface area contributed by atoms with Crippen LogP contribution in [0.2, 0.25) is 0 Å². The molecule has 0 spiro atoms. The first kappa shape index (κ1) is 48.1. The number of fused-ring (bicyclic) bond motifs is 1. The van der Waals surface area contributed by atoms with Crippen molar-refractivity contribution in [2.45, 2.75) is 149 Å². The molecule has 2 aliphatic heterocycles. The SMILES string of the molecule is C=C[C@H](C)C[C@@H]1NC(=O)[C@H]([C@@H](O)C(C)C)N(C)C(=O)[C@H](C)N(C)C(=O)[C@@H]([C@@H](C)CC)NC(=O)[C@@H]([C@H](O)C(C)C)NC(=O)[C@H]2CCCCN2C(=O)[C@H](C)N(C)C1=O. The molecule has 2 aliphatic rings. The van der Waals surface area contributed by atoms with Crippen molar-refractivity contribution >= 4 is 41.4 Å². The van der Waals surface area contributed by atoms with E-state index in [1.807, 2.05) is 6.92 Å². The first-order chi connectivity index (χ1) is 26.0. The minimum atomic E-state index is -1.50. The molecule has 2 rings (SSSR count). The van der Waals surface area contributed by atoms with E-state index in [0.29, 0.717) is 19.3 Å². The Morgan fingerprint density at radius 3 is 1.77 bits per heavy atom. The van der Waals surface area contributed by atoms with Crippen molar-refractivity contribution in [1.82, 2.24) is 35.6 Å². The zero-order valence-corrected chi connectivity index (χ0v) is 35.6. The van der Waals surface area contributed by atoms with E-state index in [4.69, 9.17) is 0 Å². The third-order valence-electron chi connectivity index (χ3n) is 11.7. The number of hydrogen-bond donors (Lipinski definition) is 5. The van der Waals surface area contributed by atoms with Crippen molar-refractivity contribution < 1.29 is 43.8 Å². The van der Waals surface area contributed by atoms with Crippen LogP contribution in [0.15, 0.2) is 12.7 Å².